The van der Waals surface area contributed by atoms with Gasteiger partial charge in [0.05, 0.1) is 12.7 Å². The molecule has 0 amide bonds. The van der Waals surface area contributed by atoms with Crippen molar-refractivity contribution >= 4 is 11.3 Å². The van der Waals surface area contributed by atoms with Gasteiger partial charge in [0, 0.05) is 35.3 Å². The first kappa shape index (κ1) is 15.1. The van der Waals surface area contributed by atoms with Crippen molar-refractivity contribution in [1.82, 2.24) is 9.80 Å². The highest BCUT2D eigenvalue weighted by Gasteiger charge is 2.41. The summed E-state index contributed by atoms with van der Waals surface area (Å²) >= 11 is 1.95. The standard InChI is InChI=1S/C18H28N2OS/c1-14-4-5-16(22-14)10-20-9-6-15-13-21-18(17(15)11-20)12-19-7-2-3-8-19/h4-5,15,17-18H,2-3,6-13H2,1H3/t15-,17-,18+/m1/s1. The SMILES string of the molecule is Cc1ccc(CN2CC[C@@H]3CO[C@@H](CN4CCCC4)[C@@H]3C2)s1. The number of piperidine rings is 1. The quantitative estimate of drug-likeness (QED) is 0.848. The fourth-order valence-electron chi connectivity index (χ4n) is 4.44. The summed E-state index contributed by atoms with van der Waals surface area (Å²) in [6.45, 7) is 10.6. The maximum Gasteiger partial charge on any atom is 0.0745 e. The van der Waals surface area contributed by atoms with E-state index in [-0.39, 0.29) is 0 Å². The summed E-state index contributed by atoms with van der Waals surface area (Å²) in [5.41, 5.74) is 0. The van der Waals surface area contributed by atoms with Crippen molar-refractivity contribution in [2.45, 2.75) is 38.8 Å². The molecular weight excluding hydrogens is 292 g/mol. The average molecular weight is 321 g/mol. The molecule has 22 heavy (non-hydrogen) atoms. The van der Waals surface area contributed by atoms with Crippen LogP contribution < -0.4 is 0 Å². The minimum Gasteiger partial charge on any atom is -0.376 e. The maximum atomic E-state index is 6.20. The van der Waals surface area contributed by atoms with Crippen LogP contribution in [0.2, 0.25) is 0 Å². The second kappa shape index (κ2) is 6.60. The third-order valence-electron chi connectivity index (χ3n) is 5.70. The van der Waals surface area contributed by atoms with Crippen molar-refractivity contribution in [3.8, 4) is 0 Å². The fourth-order valence-corrected chi connectivity index (χ4v) is 5.37. The molecule has 3 nitrogen and oxygen atoms in total. The van der Waals surface area contributed by atoms with Gasteiger partial charge in [-0.1, -0.05) is 0 Å². The van der Waals surface area contributed by atoms with Gasteiger partial charge in [0.25, 0.3) is 0 Å². The highest BCUT2D eigenvalue weighted by molar-refractivity contribution is 7.11. The van der Waals surface area contributed by atoms with E-state index in [2.05, 4.69) is 28.9 Å². The Bertz CT molecular complexity index is 497. The molecule has 1 aromatic rings. The van der Waals surface area contributed by atoms with Crippen molar-refractivity contribution in [2.75, 3.05) is 39.3 Å². The van der Waals surface area contributed by atoms with E-state index >= 15 is 0 Å². The summed E-state index contributed by atoms with van der Waals surface area (Å²) < 4.78 is 6.20. The first-order chi connectivity index (χ1) is 10.8. The van der Waals surface area contributed by atoms with E-state index in [1.807, 2.05) is 11.3 Å². The molecule has 3 aliphatic heterocycles. The number of thiophene rings is 1. The van der Waals surface area contributed by atoms with E-state index in [0.29, 0.717) is 6.10 Å². The van der Waals surface area contributed by atoms with Crippen LogP contribution in [0, 0.1) is 18.8 Å². The minimum atomic E-state index is 0.482. The van der Waals surface area contributed by atoms with Crippen molar-refractivity contribution in [1.29, 1.82) is 0 Å². The second-order valence-corrected chi connectivity index (χ2v) is 8.71. The second-order valence-electron chi connectivity index (χ2n) is 7.34. The summed E-state index contributed by atoms with van der Waals surface area (Å²) in [5, 5.41) is 0. The Morgan fingerprint density at radius 3 is 2.82 bits per heavy atom. The van der Waals surface area contributed by atoms with Crippen LogP contribution in [0.25, 0.3) is 0 Å². The van der Waals surface area contributed by atoms with Crippen LogP contribution in [0.4, 0.5) is 0 Å². The van der Waals surface area contributed by atoms with Crippen LogP contribution in [-0.4, -0.2) is 55.2 Å². The number of fused-ring (bicyclic) bond motifs is 1. The Balaban J connectivity index is 1.36. The van der Waals surface area contributed by atoms with Gasteiger partial charge in [-0.25, -0.2) is 0 Å². The molecule has 0 radical (unpaired) electrons. The maximum absolute atomic E-state index is 6.20. The molecule has 0 bridgehead atoms. The van der Waals surface area contributed by atoms with Crippen LogP contribution in [0.5, 0.6) is 0 Å². The predicted molar refractivity (Wildman–Crippen MR) is 91.3 cm³/mol. The van der Waals surface area contributed by atoms with Crippen LogP contribution in [0.1, 0.15) is 29.0 Å². The zero-order valence-electron chi connectivity index (χ0n) is 13.7. The van der Waals surface area contributed by atoms with E-state index < -0.39 is 0 Å². The molecular formula is C18H28N2OS. The van der Waals surface area contributed by atoms with Crippen molar-refractivity contribution in [2.24, 2.45) is 11.8 Å². The van der Waals surface area contributed by atoms with Gasteiger partial charge >= 0.3 is 0 Å². The highest BCUT2D eigenvalue weighted by Crippen LogP contribution is 2.35. The Kier molecular flexibility index (Phi) is 4.54. The minimum absolute atomic E-state index is 0.482. The van der Waals surface area contributed by atoms with E-state index in [1.165, 1.54) is 61.7 Å². The van der Waals surface area contributed by atoms with Gasteiger partial charge in [-0.3, -0.25) is 4.90 Å². The van der Waals surface area contributed by atoms with Crippen molar-refractivity contribution < 1.29 is 4.74 Å². The van der Waals surface area contributed by atoms with Crippen LogP contribution in [-0.2, 0) is 11.3 Å². The molecule has 3 saturated heterocycles. The number of rotatable bonds is 4. The first-order valence-electron chi connectivity index (χ1n) is 8.89. The van der Waals surface area contributed by atoms with Gasteiger partial charge in [0.2, 0.25) is 0 Å². The summed E-state index contributed by atoms with van der Waals surface area (Å²) in [6.07, 6.45) is 4.57. The lowest BCUT2D eigenvalue weighted by molar-refractivity contribution is 0.0486. The number of ether oxygens (including phenoxy) is 1. The third kappa shape index (κ3) is 3.25. The van der Waals surface area contributed by atoms with Gasteiger partial charge in [0.1, 0.15) is 0 Å². The Labute approximate surface area is 138 Å². The van der Waals surface area contributed by atoms with Gasteiger partial charge in [-0.05, 0) is 63.9 Å². The Hall–Kier alpha value is -0.420. The fraction of sp³-hybridized carbons (Fsp3) is 0.778. The topological polar surface area (TPSA) is 15.7 Å². The molecule has 0 unspecified atom stereocenters. The number of hydrogen-bond acceptors (Lipinski definition) is 4. The van der Waals surface area contributed by atoms with Crippen LogP contribution in [0.15, 0.2) is 12.1 Å². The highest BCUT2D eigenvalue weighted by atomic mass is 32.1. The van der Waals surface area contributed by atoms with E-state index in [1.54, 1.807) is 0 Å². The smallest absolute Gasteiger partial charge is 0.0745 e. The molecule has 0 spiro atoms. The molecule has 0 aliphatic carbocycles. The predicted octanol–water partition coefficient (Wildman–Crippen LogP) is 2.99. The van der Waals surface area contributed by atoms with Gasteiger partial charge in [-0.15, -0.1) is 11.3 Å². The van der Waals surface area contributed by atoms with Crippen LogP contribution >= 0.6 is 11.3 Å². The lowest BCUT2D eigenvalue weighted by Gasteiger charge is -2.36. The molecule has 3 atom stereocenters. The van der Waals surface area contributed by atoms with Crippen LogP contribution in [0.3, 0.4) is 0 Å². The number of likely N-dealkylation sites (tertiary alicyclic amines) is 2. The van der Waals surface area contributed by atoms with E-state index in [0.717, 1.165) is 25.0 Å². The molecule has 3 fully saturated rings. The van der Waals surface area contributed by atoms with Gasteiger partial charge in [0.15, 0.2) is 0 Å². The van der Waals surface area contributed by atoms with Gasteiger partial charge < -0.3 is 9.64 Å². The van der Waals surface area contributed by atoms with Crippen molar-refractivity contribution in [3.05, 3.63) is 21.9 Å². The normalized spacial score (nSPS) is 33.4. The monoisotopic (exact) mass is 320 g/mol. The lowest BCUT2D eigenvalue weighted by Crippen LogP contribution is -2.44. The molecule has 1 aromatic heterocycles. The zero-order valence-corrected chi connectivity index (χ0v) is 14.5. The molecule has 4 rings (SSSR count). The molecule has 3 aliphatic rings. The summed E-state index contributed by atoms with van der Waals surface area (Å²) in [4.78, 5) is 8.24. The number of aryl methyl sites for hydroxylation is 1. The molecule has 0 aromatic carbocycles. The average Bonchev–Trinajstić information content (AvgIpc) is 3.23. The molecule has 4 heteroatoms. The molecule has 4 heterocycles. The molecule has 122 valence electrons. The Morgan fingerprint density at radius 1 is 1.18 bits per heavy atom. The van der Waals surface area contributed by atoms with Crippen molar-refractivity contribution in [3.63, 3.8) is 0 Å². The molecule has 0 saturated carbocycles. The summed E-state index contributed by atoms with van der Waals surface area (Å²) in [7, 11) is 0. The third-order valence-corrected chi connectivity index (χ3v) is 6.69. The first-order valence-corrected chi connectivity index (χ1v) is 9.71. The Morgan fingerprint density at radius 2 is 2.05 bits per heavy atom. The van der Waals surface area contributed by atoms with E-state index in [4.69, 9.17) is 4.74 Å². The molecule has 0 N–H and O–H groups in total. The summed E-state index contributed by atoms with van der Waals surface area (Å²) in [6, 6.07) is 4.56. The van der Waals surface area contributed by atoms with Gasteiger partial charge in [-0.2, -0.15) is 0 Å². The van der Waals surface area contributed by atoms with E-state index in [9.17, 15) is 0 Å². The lowest BCUT2D eigenvalue weighted by atomic mass is 9.84. The number of hydrogen-bond donors (Lipinski definition) is 0. The number of nitrogens with zero attached hydrogens (tertiary/aromatic N) is 2. The zero-order chi connectivity index (χ0) is 14.9. The summed E-state index contributed by atoms with van der Waals surface area (Å²) in [5.74, 6) is 1.57. The largest absolute Gasteiger partial charge is 0.376 e.